The highest BCUT2D eigenvalue weighted by Gasteiger charge is 2.07. The van der Waals surface area contributed by atoms with E-state index in [4.69, 9.17) is 0 Å². The summed E-state index contributed by atoms with van der Waals surface area (Å²) >= 11 is 0. The van der Waals surface area contributed by atoms with Crippen molar-refractivity contribution in [1.29, 1.82) is 0 Å². The Morgan fingerprint density at radius 3 is 1.90 bits per heavy atom. The molecule has 1 aromatic carbocycles. The van der Waals surface area contributed by atoms with E-state index >= 15 is 0 Å². The maximum absolute atomic E-state index is 2.35. The number of anilines is 1. The van der Waals surface area contributed by atoms with Gasteiger partial charge < -0.3 is 4.90 Å². The summed E-state index contributed by atoms with van der Waals surface area (Å²) in [5.74, 6) is 0. The van der Waals surface area contributed by atoms with Crippen molar-refractivity contribution in [3.8, 4) is 0 Å². The van der Waals surface area contributed by atoms with Gasteiger partial charge in [0.1, 0.15) is 13.1 Å². The minimum Gasteiger partial charge on any atom is -0.372 e. The highest BCUT2D eigenvalue weighted by molar-refractivity contribution is 6.02. The van der Waals surface area contributed by atoms with E-state index in [2.05, 4.69) is 128 Å². The summed E-state index contributed by atoms with van der Waals surface area (Å²) in [4.78, 5) is 2.35. The highest BCUT2D eigenvalue weighted by Crippen LogP contribution is 2.15. The SMILES string of the molecule is CCN(CC)c1ccc(/C=C/C=C/C=C/C=C2C=CC(=[N+](CC)CC)C=C2)cc1. The molecule has 0 unspecified atom stereocenters. The minimum atomic E-state index is 1.04. The third-order valence-corrected chi connectivity index (χ3v) is 5.07. The van der Waals surface area contributed by atoms with Crippen molar-refractivity contribution in [2.24, 2.45) is 0 Å². The molecule has 0 N–H and O–H groups in total. The molecule has 0 saturated carbocycles. The molecule has 0 bridgehead atoms. The van der Waals surface area contributed by atoms with Gasteiger partial charge in [0.05, 0.1) is 0 Å². The predicted molar refractivity (Wildman–Crippen MR) is 130 cm³/mol. The molecule has 1 aliphatic rings. The van der Waals surface area contributed by atoms with Crippen LogP contribution in [0.25, 0.3) is 6.08 Å². The summed E-state index contributed by atoms with van der Waals surface area (Å²) in [6.07, 6.45) is 23.3. The van der Waals surface area contributed by atoms with Gasteiger partial charge in [-0.2, -0.15) is 0 Å². The van der Waals surface area contributed by atoms with Gasteiger partial charge in [-0.3, -0.25) is 0 Å². The average molecular weight is 388 g/mol. The lowest BCUT2D eigenvalue weighted by atomic mass is 10.1. The van der Waals surface area contributed by atoms with Crippen LogP contribution in [0.3, 0.4) is 0 Å². The molecule has 0 aliphatic heterocycles. The van der Waals surface area contributed by atoms with Gasteiger partial charge in [-0.1, -0.05) is 54.7 Å². The molecule has 0 aromatic heterocycles. The van der Waals surface area contributed by atoms with Crippen molar-refractivity contribution in [2.75, 3.05) is 31.1 Å². The van der Waals surface area contributed by atoms with Crippen LogP contribution in [0.15, 0.2) is 90.6 Å². The Hall–Kier alpha value is -2.87. The summed E-state index contributed by atoms with van der Waals surface area (Å²) in [7, 11) is 0. The quantitative estimate of drug-likeness (QED) is 0.361. The van der Waals surface area contributed by atoms with Crippen LogP contribution in [0.2, 0.25) is 0 Å². The first-order valence-corrected chi connectivity index (χ1v) is 10.8. The minimum absolute atomic E-state index is 1.04. The molecule has 0 atom stereocenters. The highest BCUT2D eigenvalue weighted by atomic mass is 15.1. The topological polar surface area (TPSA) is 6.25 Å². The fourth-order valence-electron chi connectivity index (χ4n) is 3.30. The molecular formula is C27H35N2+. The van der Waals surface area contributed by atoms with E-state index in [9.17, 15) is 0 Å². The van der Waals surface area contributed by atoms with E-state index in [1.165, 1.54) is 22.5 Å². The Morgan fingerprint density at radius 1 is 0.724 bits per heavy atom. The second kappa shape index (κ2) is 12.6. The van der Waals surface area contributed by atoms with Crippen LogP contribution in [0.1, 0.15) is 33.3 Å². The molecule has 0 fully saturated rings. The lowest BCUT2D eigenvalue weighted by molar-refractivity contribution is -0.519. The van der Waals surface area contributed by atoms with E-state index < -0.39 is 0 Å². The van der Waals surface area contributed by atoms with Gasteiger partial charge in [-0.25, -0.2) is 4.58 Å². The molecule has 0 amide bonds. The number of nitrogens with zero attached hydrogens (tertiary/aromatic N) is 2. The Kier molecular flexibility index (Phi) is 9.71. The smallest absolute Gasteiger partial charge is 0.199 e. The first-order chi connectivity index (χ1) is 14.2. The summed E-state index contributed by atoms with van der Waals surface area (Å²) in [5.41, 5.74) is 5.00. The lowest BCUT2D eigenvalue weighted by Crippen LogP contribution is -2.21. The van der Waals surface area contributed by atoms with E-state index in [1.54, 1.807) is 0 Å². The first-order valence-electron chi connectivity index (χ1n) is 10.8. The van der Waals surface area contributed by atoms with Crippen LogP contribution >= 0.6 is 0 Å². The van der Waals surface area contributed by atoms with Crippen LogP contribution in [0.5, 0.6) is 0 Å². The molecule has 29 heavy (non-hydrogen) atoms. The zero-order valence-corrected chi connectivity index (χ0v) is 18.4. The summed E-state index contributed by atoms with van der Waals surface area (Å²) in [6.45, 7) is 12.9. The van der Waals surface area contributed by atoms with Crippen LogP contribution in [-0.4, -0.2) is 36.5 Å². The average Bonchev–Trinajstić information content (AvgIpc) is 2.77. The molecule has 2 rings (SSSR count). The third kappa shape index (κ3) is 7.23. The fraction of sp³-hybridized carbons (Fsp3) is 0.296. The second-order valence-electron chi connectivity index (χ2n) is 6.82. The maximum Gasteiger partial charge on any atom is 0.199 e. The lowest BCUT2D eigenvalue weighted by Gasteiger charge is -2.20. The summed E-state index contributed by atoms with van der Waals surface area (Å²) in [5, 5.41) is 0. The van der Waals surface area contributed by atoms with Gasteiger partial charge in [-0.15, -0.1) is 0 Å². The van der Waals surface area contributed by atoms with Crippen molar-refractivity contribution in [1.82, 2.24) is 0 Å². The third-order valence-electron chi connectivity index (χ3n) is 5.07. The molecule has 1 aliphatic carbocycles. The molecule has 2 nitrogen and oxygen atoms in total. The van der Waals surface area contributed by atoms with E-state index in [-0.39, 0.29) is 0 Å². The zero-order valence-electron chi connectivity index (χ0n) is 18.4. The molecule has 0 heterocycles. The van der Waals surface area contributed by atoms with Gasteiger partial charge in [0.25, 0.3) is 0 Å². The van der Waals surface area contributed by atoms with Crippen molar-refractivity contribution >= 4 is 17.5 Å². The largest absolute Gasteiger partial charge is 0.372 e. The van der Waals surface area contributed by atoms with E-state index in [0.717, 1.165) is 26.2 Å². The van der Waals surface area contributed by atoms with Crippen molar-refractivity contribution in [3.05, 3.63) is 96.2 Å². The summed E-state index contributed by atoms with van der Waals surface area (Å²) in [6, 6.07) is 8.72. The molecule has 0 radical (unpaired) electrons. The van der Waals surface area contributed by atoms with E-state index in [0.29, 0.717) is 0 Å². The van der Waals surface area contributed by atoms with Crippen LogP contribution in [0, 0.1) is 0 Å². The van der Waals surface area contributed by atoms with Crippen LogP contribution in [0.4, 0.5) is 5.69 Å². The molecule has 152 valence electrons. The van der Waals surface area contributed by atoms with E-state index in [1.807, 2.05) is 0 Å². The van der Waals surface area contributed by atoms with Crippen molar-refractivity contribution in [2.45, 2.75) is 27.7 Å². The fourth-order valence-corrected chi connectivity index (χ4v) is 3.30. The predicted octanol–water partition coefficient (Wildman–Crippen LogP) is 6.20. The number of hydrogen-bond donors (Lipinski definition) is 0. The molecule has 0 spiro atoms. The van der Waals surface area contributed by atoms with Gasteiger partial charge >= 0.3 is 0 Å². The van der Waals surface area contributed by atoms with Gasteiger partial charge in [-0.05, 0) is 63.1 Å². The number of hydrogen-bond acceptors (Lipinski definition) is 1. The zero-order chi connectivity index (χ0) is 20.9. The maximum atomic E-state index is 2.35. The molecule has 2 heteroatoms. The molecule has 0 saturated heterocycles. The second-order valence-corrected chi connectivity index (χ2v) is 6.82. The van der Waals surface area contributed by atoms with Crippen LogP contribution < -0.4 is 4.90 Å². The number of rotatable bonds is 9. The monoisotopic (exact) mass is 387 g/mol. The van der Waals surface area contributed by atoms with Gasteiger partial charge in [0.15, 0.2) is 5.71 Å². The van der Waals surface area contributed by atoms with Crippen molar-refractivity contribution < 1.29 is 4.58 Å². The van der Waals surface area contributed by atoms with Gasteiger partial charge in [0.2, 0.25) is 0 Å². The molecular weight excluding hydrogens is 352 g/mol. The number of benzene rings is 1. The Morgan fingerprint density at radius 2 is 1.31 bits per heavy atom. The van der Waals surface area contributed by atoms with Crippen LogP contribution in [-0.2, 0) is 0 Å². The standard InChI is InChI=1S/C27H35N2/c1-5-28(6-2)26-20-16-24(17-21-26)14-12-10-9-11-13-15-25-18-22-27(23-19-25)29(7-3)8-4/h9-23H,5-8H2,1-4H3/q+1. The molecule has 1 aromatic rings. The Bertz CT molecular complexity index is 815. The van der Waals surface area contributed by atoms with Crippen molar-refractivity contribution in [3.63, 3.8) is 0 Å². The van der Waals surface area contributed by atoms with Gasteiger partial charge in [0, 0.05) is 30.9 Å². The Balaban J connectivity index is 1.85. The summed E-state index contributed by atoms with van der Waals surface area (Å²) < 4.78 is 2.35. The Labute approximate surface area is 177 Å². The first kappa shape index (κ1) is 22.4. The number of allylic oxidation sites excluding steroid dienone is 11. The normalized spacial score (nSPS) is 13.9.